The van der Waals surface area contributed by atoms with Crippen LogP contribution in [0.1, 0.15) is 60.3 Å². The third-order valence-electron chi connectivity index (χ3n) is 3.18. The van der Waals surface area contributed by atoms with E-state index in [2.05, 4.69) is 44.8 Å². The molecule has 0 spiro atoms. The van der Waals surface area contributed by atoms with Crippen LogP contribution >= 0.6 is 0 Å². The molecule has 0 saturated carbocycles. The molecule has 1 N–H and O–H groups in total. The van der Waals surface area contributed by atoms with Crippen LogP contribution in [-0.2, 0) is 0 Å². The van der Waals surface area contributed by atoms with E-state index < -0.39 is 0 Å². The van der Waals surface area contributed by atoms with Gasteiger partial charge in [0.15, 0.2) is 0 Å². The Morgan fingerprint density at radius 2 is 1.69 bits per heavy atom. The molecule has 2 nitrogen and oxygen atoms in total. The van der Waals surface area contributed by atoms with Gasteiger partial charge in [-0.2, -0.15) is 0 Å². The Bertz CT molecular complexity index is 146. The van der Waals surface area contributed by atoms with Gasteiger partial charge in [0.1, 0.15) is 0 Å². The second-order valence-electron chi connectivity index (χ2n) is 5.08. The van der Waals surface area contributed by atoms with Gasteiger partial charge in [0.2, 0.25) is 0 Å². The van der Waals surface area contributed by atoms with Crippen molar-refractivity contribution in [3.05, 3.63) is 0 Å². The fourth-order valence-corrected chi connectivity index (χ4v) is 2.00. The first-order valence-corrected chi connectivity index (χ1v) is 7.09. The van der Waals surface area contributed by atoms with E-state index in [4.69, 9.17) is 0 Å². The van der Waals surface area contributed by atoms with Crippen molar-refractivity contribution < 1.29 is 0 Å². The summed E-state index contributed by atoms with van der Waals surface area (Å²) < 4.78 is 0. The number of nitrogens with zero attached hydrogens (tertiary/aromatic N) is 1. The molecule has 0 fully saturated rings. The SMILES string of the molecule is CCCCCN(CCC(C)NCC)C(C)C. The molecule has 0 bridgehead atoms. The largest absolute Gasteiger partial charge is 0.314 e. The lowest BCUT2D eigenvalue weighted by atomic mass is 10.1. The fourth-order valence-electron chi connectivity index (χ4n) is 2.00. The van der Waals surface area contributed by atoms with Crippen LogP contribution in [-0.4, -0.2) is 36.6 Å². The van der Waals surface area contributed by atoms with Crippen molar-refractivity contribution in [2.24, 2.45) is 0 Å². The lowest BCUT2D eigenvalue weighted by Crippen LogP contribution is -2.36. The van der Waals surface area contributed by atoms with E-state index >= 15 is 0 Å². The van der Waals surface area contributed by atoms with E-state index in [1.54, 1.807) is 0 Å². The van der Waals surface area contributed by atoms with Gasteiger partial charge in [-0.05, 0) is 53.2 Å². The average molecular weight is 228 g/mol. The van der Waals surface area contributed by atoms with Crippen molar-refractivity contribution >= 4 is 0 Å². The van der Waals surface area contributed by atoms with E-state index in [0.29, 0.717) is 12.1 Å². The molecule has 16 heavy (non-hydrogen) atoms. The third-order valence-corrected chi connectivity index (χ3v) is 3.18. The van der Waals surface area contributed by atoms with Crippen molar-refractivity contribution in [3.63, 3.8) is 0 Å². The van der Waals surface area contributed by atoms with Crippen LogP contribution in [0.3, 0.4) is 0 Å². The van der Waals surface area contributed by atoms with Crippen molar-refractivity contribution in [2.75, 3.05) is 19.6 Å². The highest BCUT2D eigenvalue weighted by Gasteiger charge is 2.10. The number of rotatable bonds is 10. The number of unbranched alkanes of at least 4 members (excludes halogenated alkanes) is 2. The first-order chi connectivity index (χ1) is 7.61. The minimum Gasteiger partial charge on any atom is -0.314 e. The Balaban J connectivity index is 3.75. The van der Waals surface area contributed by atoms with Gasteiger partial charge < -0.3 is 10.2 Å². The van der Waals surface area contributed by atoms with Crippen LogP contribution in [0.2, 0.25) is 0 Å². The van der Waals surface area contributed by atoms with Gasteiger partial charge in [-0.3, -0.25) is 0 Å². The molecular weight excluding hydrogens is 196 g/mol. The van der Waals surface area contributed by atoms with Crippen LogP contribution in [0.25, 0.3) is 0 Å². The van der Waals surface area contributed by atoms with E-state index in [1.165, 1.54) is 38.8 Å². The van der Waals surface area contributed by atoms with E-state index in [1.807, 2.05) is 0 Å². The van der Waals surface area contributed by atoms with Crippen LogP contribution in [0.5, 0.6) is 0 Å². The molecule has 1 unspecified atom stereocenters. The van der Waals surface area contributed by atoms with Crippen molar-refractivity contribution in [1.82, 2.24) is 10.2 Å². The van der Waals surface area contributed by atoms with Gasteiger partial charge in [0.05, 0.1) is 0 Å². The van der Waals surface area contributed by atoms with Gasteiger partial charge in [-0.25, -0.2) is 0 Å². The second-order valence-corrected chi connectivity index (χ2v) is 5.08. The van der Waals surface area contributed by atoms with Gasteiger partial charge in [-0.1, -0.05) is 26.7 Å². The molecule has 0 aliphatic rings. The average Bonchev–Trinajstić information content (AvgIpc) is 2.23. The molecule has 0 saturated heterocycles. The summed E-state index contributed by atoms with van der Waals surface area (Å²) in [4.78, 5) is 2.61. The predicted octanol–water partition coefficient (Wildman–Crippen LogP) is 3.28. The summed E-state index contributed by atoms with van der Waals surface area (Å²) >= 11 is 0. The highest BCUT2D eigenvalue weighted by molar-refractivity contribution is 4.67. The lowest BCUT2D eigenvalue weighted by Gasteiger charge is -2.27. The summed E-state index contributed by atoms with van der Waals surface area (Å²) in [6.07, 6.45) is 5.30. The molecule has 2 heteroatoms. The summed E-state index contributed by atoms with van der Waals surface area (Å²) in [5.41, 5.74) is 0. The molecule has 0 radical (unpaired) electrons. The van der Waals surface area contributed by atoms with Gasteiger partial charge in [-0.15, -0.1) is 0 Å². The zero-order chi connectivity index (χ0) is 12.4. The Morgan fingerprint density at radius 1 is 1.00 bits per heavy atom. The molecule has 98 valence electrons. The lowest BCUT2D eigenvalue weighted by molar-refractivity contribution is 0.207. The van der Waals surface area contributed by atoms with Gasteiger partial charge in [0, 0.05) is 12.1 Å². The summed E-state index contributed by atoms with van der Waals surface area (Å²) in [6, 6.07) is 1.34. The smallest absolute Gasteiger partial charge is 0.00507 e. The highest BCUT2D eigenvalue weighted by atomic mass is 15.1. The number of hydrogen-bond acceptors (Lipinski definition) is 2. The monoisotopic (exact) mass is 228 g/mol. The van der Waals surface area contributed by atoms with Crippen LogP contribution in [0, 0.1) is 0 Å². The highest BCUT2D eigenvalue weighted by Crippen LogP contribution is 2.05. The summed E-state index contributed by atoms with van der Waals surface area (Å²) in [7, 11) is 0. The van der Waals surface area contributed by atoms with E-state index in [-0.39, 0.29) is 0 Å². The van der Waals surface area contributed by atoms with Crippen molar-refractivity contribution in [2.45, 2.75) is 72.4 Å². The minimum absolute atomic E-state index is 0.650. The molecule has 0 heterocycles. The second kappa shape index (κ2) is 10.1. The first-order valence-electron chi connectivity index (χ1n) is 7.09. The molecule has 0 aromatic heterocycles. The normalized spacial score (nSPS) is 13.7. The topological polar surface area (TPSA) is 15.3 Å². The van der Waals surface area contributed by atoms with E-state index in [0.717, 1.165) is 6.54 Å². The van der Waals surface area contributed by atoms with Gasteiger partial charge in [0.25, 0.3) is 0 Å². The Morgan fingerprint density at radius 3 is 2.19 bits per heavy atom. The maximum absolute atomic E-state index is 3.48. The molecule has 0 aliphatic heterocycles. The molecule has 0 aromatic carbocycles. The fraction of sp³-hybridized carbons (Fsp3) is 1.00. The zero-order valence-corrected chi connectivity index (χ0v) is 12.1. The Kier molecular flexibility index (Phi) is 10.0. The Hall–Kier alpha value is -0.0800. The summed E-state index contributed by atoms with van der Waals surface area (Å²) in [5.74, 6) is 0. The molecule has 0 rings (SSSR count). The minimum atomic E-state index is 0.650. The quantitative estimate of drug-likeness (QED) is 0.577. The van der Waals surface area contributed by atoms with Crippen LogP contribution in [0.15, 0.2) is 0 Å². The van der Waals surface area contributed by atoms with Crippen molar-refractivity contribution in [3.8, 4) is 0 Å². The predicted molar refractivity (Wildman–Crippen MR) is 74.0 cm³/mol. The van der Waals surface area contributed by atoms with Crippen LogP contribution < -0.4 is 5.32 Å². The zero-order valence-electron chi connectivity index (χ0n) is 12.1. The first kappa shape index (κ1) is 15.9. The van der Waals surface area contributed by atoms with Crippen LogP contribution in [0.4, 0.5) is 0 Å². The molecule has 0 amide bonds. The Labute approximate surface area is 103 Å². The maximum Gasteiger partial charge on any atom is 0.00507 e. The number of hydrogen-bond donors (Lipinski definition) is 1. The standard InChI is InChI=1S/C14H32N2/c1-6-8-9-11-16(13(3)4)12-10-14(5)15-7-2/h13-15H,6-12H2,1-5H3. The molecular formula is C14H32N2. The van der Waals surface area contributed by atoms with E-state index in [9.17, 15) is 0 Å². The maximum atomic E-state index is 3.48. The number of nitrogens with one attached hydrogen (secondary N) is 1. The van der Waals surface area contributed by atoms with Crippen molar-refractivity contribution in [1.29, 1.82) is 0 Å². The summed E-state index contributed by atoms with van der Waals surface area (Å²) in [5, 5.41) is 3.48. The van der Waals surface area contributed by atoms with Gasteiger partial charge >= 0.3 is 0 Å². The molecule has 1 atom stereocenters. The third kappa shape index (κ3) is 8.12. The molecule has 0 aromatic rings. The summed E-state index contributed by atoms with van der Waals surface area (Å²) in [6.45, 7) is 14.9. The molecule has 0 aliphatic carbocycles.